The number of aliphatic hydroxyl groups is 1. The predicted octanol–water partition coefficient (Wildman–Crippen LogP) is 1.39. The highest BCUT2D eigenvalue weighted by Gasteiger charge is 2.37. The van der Waals surface area contributed by atoms with Crippen molar-refractivity contribution >= 4 is 5.91 Å². The number of amides is 1. The van der Waals surface area contributed by atoms with Gasteiger partial charge in [0, 0.05) is 38.4 Å². The van der Waals surface area contributed by atoms with Crippen LogP contribution in [0.4, 0.5) is 4.39 Å². The van der Waals surface area contributed by atoms with Crippen LogP contribution in [-0.4, -0.2) is 65.1 Å². The van der Waals surface area contributed by atoms with E-state index in [4.69, 9.17) is 0 Å². The van der Waals surface area contributed by atoms with Crippen LogP contribution in [0.25, 0.3) is 0 Å². The van der Waals surface area contributed by atoms with Crippen molar-refractivity contribution < 1.29 is 14.3 Å². The molecule has 1 aromatic rings. The van der Waals surface area contributed by atoms with E-state index in [1.165, 1.54) is 37.6 Å². The van der Waals surface area contributed by atoms with Crippen LogP contribution in [0.1, 0.15) is 29.8 Å². The smallest absolute Gasteiger partial charge is 0.275 e. The van der Waals surface area contributed by atoms with Crippen LogP contribution in [0.2, 0.25) is 0 Å². The van der Waals surface area contributed by atoms with Gasteiger partial charge in [-0.25, -0.2) is 9.37 Å². The number of aliphatic hydroxyl groups excluding tert-OH is 1. The van der Waals surface area contributed by atoms with E-state index in [-0.39, 0.29) is 30.0 Å². The van der Waals surface area contributed by atoms with Crippen molar-refractivity contribution in [1.82, 2.24) is 14.8 Å². The van der Waals surface area contributed by atoms with Gasteiger partial charge in [0.1, 0.15) is 0 Å². The Morgan fingerprint density at radius 1 is 1.26 bits per heavy atom. The van der Waals surface area contributed by atoms with Gasteiger partial charge in [-0.1, -0.05) is 6.42 Å². The van der Waals surface area contributed by atoms with Gasteiger partial charge in [0.2, 0.25) is 0 Å². The molecule has 23 heavy (non-hydrogen) atoms. The summed E-state index contributed by atoms with van der Waals surface area (Å²) in [5.41, 5.74) is -0.122. The molecular formula is C17H24FN3O2. The number of aromatic nitrogens is 1. The molecule has 0 bridgehead atoms. The molecule has 0 aliphatic carbocycles. The van der Waals surface area contributed by atoms with Gasteiger partial charge >= 0.3 is 0 Å². The third-order valence-electron chi connectivity index (χ3n) is 5.00. The lowest BCUT2D eigenvalue weighted by Gasteiger charge is -2.30. The van der Waals surface area contributed by atoms with Gasteiger partial charge < -0.3 is 14.9 Å². The highest BCUT2D eigenvalue weighted by atomic mass is 19.1. The SMILES string of the molecule is O=C(c1ncccc1F)N1C[C@@H](CN2CCCCC2)[C@@H](CO)C1. The molecule has 6 heteroatoms. The molecule has 5 nitrogen and oxygen atoms in total. The Labute approximate surface area is 136 Å². The second-order valence-electron chi connectivity index (χ2n) is 6.61. The summed E-state index contributed by atoms with van der Waals surface area (Å²) in [4.78, 5) is 20.4. The van der Waals surface area contributed by atoms with Gasteiger partial charge in [0.15, 0.2) is 11.5 Å². The Balaban J connectivity index is 1.66. The fraction of sp³-hybridized carbons (Fsp3) is 0.647. The Hall–Kier alpha value is -1.53. The van der Waals surface area contributed by atoms with E-state index in [2.05, 4.69) is 9.88 Å². The second kappa shape index (κ2) is 7.36. The zero-order valence-corrected chi connectivity index (χ0v) is 13.3. The number of hydrogen-bond donors (Lipinski definition) is 1. The molecule has 2 aliphatic heterocycles. The van der Waals surface area contributed by atoms with Crippen molar-refractivity contribution in [3.05, 3.63) is 29.8 Å². The number of halogens is 1. The van der Waals surface area contributed by atoms with Crippen LogP contribution in [0.15, 0.2) is 18.3 Å². The zero-order chi connectivity index (χ0) is 16.2. The van der Waals surface area contributed by atoms with Gasteiger partial charge in [-0.05, 0) is 44.0 Å². The molecule has 1 amide bonds. The van der Waals surface area contributed by atoms with Crippen molar-refractivity contribution in [2.45, 2.75) is 19.3 Å². The first kappa shape index (κ1) is 16.3. The van der Waals surface area contributed by atoms with Gasteiger partial charge in [0.05, 0.1) is 0 Å². The van der Waals surface area contributed by atoms with E-state index in [0.717, 1.165) is 19.6 Å². The minimum atomic E-state index is -0.586. The Morgan fingerprint density at radius 3 is 2.70 bits per heavy atom. The van der Waals surface area contributed by atoms with E-state index in [9.17, 15) is 14.3 Å². The van der Waals surface area contributed by atoms with Gasteiger partial charge in [-0.3, -0.25) is 4.79 Å². The lowest BCUT2D eigenvalue weighted by molar-refractivity contribution is 0.0767. The molecule has 2 atom stereocenters. The molecule has 1 aromatic heterocycles. The van der Waals surface area contributed by atoms with Crippen molar-refractivity contribution in [3.8, 4) is 0 Å². The number of carbonyl (C=O) groups is 1. The summed E-state index contributed by atoms with van der Waals surface area (Å²) in [6.45, 7) is 4.20. The summed E-state index contributed by atoms with van der Waals surface area (Å²) in [6.07, 6.45) is 5.16. The standard InChI is InChI=1S/C17H24FN3O2/c18-15-5-4-6-19-16(15)17(23)21-10-13(14(11-21)12-22)9-20-7-2-1-3-8-20/h4-6,13-14,22H,1-3,7-12H2/t13-,14-/m1/s1. The van der Waals surface area contributed by atoms with E-state index in [0.29, 0.717) is 13.1 Å². The molecule has 2 aliphatic rings. The monoisotopic (exact) mass is 321 g/mol. The molecule has 126 valence electrons. The highest BCUT2D eigenvalue weighted by Crippen LogP contribution is 2.26. The van der Waals surface area contributed by atoms with Crippen LogP contribution >= 0.6 is 0 Å². The molecule has 3 rings (SSSR count). The number of pyridine rings is 1. The maximum absolute atomic E-state index is 13.8. The first-order valence-electron chi connectivity index (χ1n) is 8.42. The molecule has 0 aromatic carbocycles. The maximum atomic E-state index is 13.8. The fourth-order valence-electron chi connectivity index (χ4n) is 3.68. The van der Waals surface area contributed by atoms with Crippen LogP contribution in [-0.2, 0) is 0 Å². The van der Waals surface area contributed by atoms with E-state index in [1.54, 1.807) is 4.90 Å². The van der Waals surface area contributed by atoms with E-state index >= 15 is 0 Å². The first-order valence-corrected chi connectivity index (χ1v) is 8.42. The Bertz CT molecular complexity index is 548. The third kappa shape index (κ3) is 3.70. The first-order chi connectivity index (χ1) is 11.2. The molecule has 0 spiro atoms. The number of piperidine rings is 1. The Morgan fingerprint density at radius 2 is 2.00 bits per heavy atom. The molecule has 2 fully saturated rings. The van der Waals surface area contributed by atoms with Crippen LogP contribution in [0, 0.1) is 17.7 Å². The normalized spacial score (nSPS) is 25.7. The largest absolute Gasteiger partial charge is 0.396 e. The molecule has 1 N–H and O–H groups in total. The summed E-state index contributed by atoms with van der Waals surface area (Å²) in [5.74, 6) is -0.651. The summed E-state index contributed by atoms with van der Waals surface area (Å²) in [7, 11) is 0. The van der Waals surface area contributed by atoms with Crippen molar-refractivity contribution in [3.63, 3.8) is 0 Å². The predicted molar refractivity (Wildman–Crippen MR) is 84.5 cm³/mol. The highest BCUT2D eigenvalue weighted by molar-refractivity contribution is 5.92. The third-order valence-corrected chi connectivity index (χ3v) is 5.00. The topological polar surface area (TPSA) is 56.7 Å². The molecule has 3 heterocycles. The number of rotatable bonds is 4. The summed E-state index contributed by atoms with van der Waals surface area (Å²) >= 11 is 0. The summed E-state index contributed by atoms with van der Waals surface area (Å²) < 4.78 is 13.8. The van der Waals surface area contributed by atoms with Crippen LogP contribution in [0.5, 0.6) is 0 Å². The minimum absolute atomic E-state index is 0.0625. The number of nitrogens with zero attached hydrogens (tertiary/aromatic N) is 3. The van der Waals surface area contributed by atoms with Crippen LogP contribution in [0.3, 0.4) is 0 Å². The van der Waals surface area contributed by atoms with Crippen molar-refractivity contribution in [1.29, 1.82) is 0 Å². The molecular weight excluding hydrogens is 297 g/mol. The van der Waals surface area contributed by atoms with Crippen LogP contribution < -0.4 is 0 Å². The van der Waals surface area contributed by atoms with Gasteiger partial charge in [-0.2, -0.15) is 0 Å². The number of likely N-dealkylation sites (tertiary alicyclic amines) is 2. The summed E-state index contributed by atoms with van der Waals surface area (Å²) in [5, 5.41) is 9.64. The van der Waals surface area contributed by atoms with E-state index < -0.39 is 5.82 Å². The van der Waals surface area contributed by atoms with Crippen molar-refractivity contribution in [2.24, 2.45) is 11.8 Å². The quantitative estimate of drug-likeness (QED) is 0.910. The molecule has 0 radical (unpaired) electrons. The maximum Gasteiger partial charge on any atom is 0.275 e. The van der Waals surface area contributed by atoms with Gasteiger partial charge in [0.25, 0.3) is 5.91 Å². The van der Waals surface area contributed by atoms with Gasteiger partial charge in [-0.15, -0.1) is 0 Å². The molecule has 2 saturated heterocycles. The average Bonchev–Trinajstić information content (AvgIpc) is 2.98. The van der Waals surface area contributed by atoms with Crippen molar-refractivity contribution in [2.75, 3.05) is 39.3 Å². The molecule has 0 saturated carbocycles. The fourth-order valence-corrected chi connectivity index (χ4v) is 3.68. The lowest BCUT2D eigenvalue weighted by atomic mass is 9.95. The second-order valence-corrected chi connectivity index (χ2v) is 6.61. The summed E-state index contributed by atoms with van der Waals surface area (Å²) in [6, 6.07) is 2.73. The zero-order valence-electron chi connectivity index (χ0n) is 13.3. The minimum Gasteiger partial charge on any atom is -0.396 e. The number of carbonyl (C=O) groups excluding carboxylic acids is 1. The number of hydrogen-bond acceptors (Lipinski definition) is 4. The average molecular weight is 321 g/mol. The Kier molecular flexibility index (Phi) is 5.23. The van der Waals surface area contributed by atoms with E-state index in [1.807, 2.05) is 0 Å². The lowest BCUT2D eigenvalue weighted by Crippen LogP contribution is -2.37. The molecule has 0 unspecified atom stereocenters.